The maximum Gasteiger partial charge on any atom is 0.237 e. The van der Waals surface area contributed by atoms with Crippen LogP contribution in [0.25, 0.3) is 0 Å². The standard InChI is InChI=1S/C14H27N3O3/c1-10(2)8-17-3-4-20-12(9-17)7-16-14(19)13-5-11(18)6-15-13/h10-13,15,18H,3-9H2,1-2H3,(H,16,19). The van der Waals surface area contributed by atoms with Crippen molar-refractivity contribution in [3.8, 4) is 0 Å². The number of nitrogens with one attached hydrogen (secondary N) is 2. The minimum absolute atomic E-state index is 0.0360. The zero-order chi connectivity index (χ0) is 14.5. The summed E-state index contributed by atoms with van der Waals surface area (Å²) in [5.41, 5.74) is 0. The van der Waals surface area contributed by atoms with Crippen LogP contribution in [0.5, 0.6) is 0 Å². The predicted molar refractivity (Wildman–Crippen MR) is 76.4 cm³/mol. The van der Waals surface area contributed by atoms with Crippen LogP contribution in [-0.2, 0) is 9.53 Å². The lowest BCUT2D eigenvalue weighted by atomic mass is 10.1. The zero-order valence-electron chi connectivity index (χ0n) is 12.5. The normalized spacial score (nSPS) is 31.7. The Morgan fingerprint density at radius 3 is 3.00 bits per heavy atom. The molecule has 20 heavy (non-hydrogen) atoms. The summed E-state index contributed by atoms with van der Waals surface area (Å²) in [4.78, 5) is 14.3. The average molecular weight is 285 g/mol. The maximum atomic E-state index is 11.9. The first-order valence-corrected chi connectivity index (χ1v) is 7.57. The molecule has 6 nitrogen and oxygen atoms in total. The van der Waals surface area contributed by atoms with E-state index in [9.17, 15) is 9.90 Å². The Hall–Kier alpha value is -0.690. The first kappa shape index (κ1) is 15.7. The summed E-state index contributed by atoms with van der Waals surface area (Å²) in [6.07, 6.45) is 0.160. The zero-order valence-corrected chi connectivity index (χ0v) is 12.5. The highest BCUT2D eigenvalue weighted by Gasteiger charge is 2.29. The van der Waals surface area contributed by atoms with Gasteiger partial charge in [0, 0.05) is 32.7 Å². The predicted octanol–water partition coefficient (Wildman–Crippen LogP) is -0.818. The van der Waals surface area contributed by atoms with Crippen LogP contribution in [-0.4, -0.2) is 73.5 Å². The van der Waals surface area contributed by atoms with Gasteiger partial charge in [0.2, 0.25) is 5.91 Å². The number of hydrogen-bond acceptors (Lipinski definition) is 5. The molecular weight excluding hydrogens is 258 g/mol. The highest BCUT2D eigenvalue weighted by molar-refractivity contribution is 5.82. The Morgan fingerprint density at radius 1 is 1.55 bits per heavy atom. The van der Waals surface area contributed by atoms with Crippen molar-refractivity contribution in [2.75, 3.05) is 39.3 Å². The van der Waals surface area contributed by atoms with E-state index in [0.29, 0.717) is 25.4 Å². The van der Waals surface area contributed by atoms with E-state index in [1.807, 2.05) is 0 Å². The van der Waals surface area contributed by atoms with Gasteiger partial charge in [-0.1, -0.05) is 13.8 Å². The van der Waals surface area contributed by atoms with Crippen molar-refractivity contribution in [2.45, 2.75) is 38.5 Å². The molecule has 0 spiro atoms. The number of hydrogen-bond donors (Lipinski definition) is 3. The van der Waals surface area contributed by atoms with E-state index < -0.39 is 6.10 Å². The molecule has 2 heterocycles. The lowest BCUT2D eigenvalue weighted by Crippen LogP contribution is -2.50. The molecule has 0 aromatic carbocycles. The Kier molecular flexibility index (Phi) is 5.77. The number of morpholine rings is 1. The minimum Gasteiger partial charge on any atom is -0.392 e. The van der Waals surface area contributed by atoms with Gasteiger partial charge in [0.15, 0.2) is 0 Å². The number of carbonyl (C=O) groups excluding carboxylic acids is 1. The van der Waals surface area contributed by atoms with Gasteiger partial charge in [0.25, 0.3) is 0 Å². The molecule has 0 bridgehead atoms. The number of β-amino-alcohol motifs (C(OH)–C–C–N with tert-alkyl or cyclic N) is 1. The van der Waals surface area contributed by atoms with E-state index in [0.717, 1.165) is 26.2 Å². The maximum absolute atomic E-state index is 11.9. The van der Waals surface area contributed by atoms with Crippen LogP contribution in [0.3, 0.4) is 0 Å². The number of nitrogens with zero attached hydrogens (tertiary/aromatic N) is 1. The molecule has 116 valence electrons. The molecule has 0 aliphatic carbocycles. The minimum atomic E-state index is -0.404. The molecule has 0 saturated carbocycles. The number of rotatable bonds is 5. The molecule has 0 aromatic rings. The molecule has 3 unspecified atom stereocenters. The van der Waals surface area contributed by atoms with E-state index in [4.69, 9.17) is 4.74 Å². The van der Waals surface area contributed by atoms with Crippen molar-refractivity contribution in [3.63, 3.8) is 0 Å². The number of carbonyl (C=O) groups is 1. The van der Waals surface area contributed by atoms with Crippen LogP contribution < -0.4 is 10.6 Å². The molecule has 3 atom stereocenters. The van der Waals surface area contributed by atoms with Crippen molar-refractivity contribution < 1.29 is 14.6 Å². The Morgan fingerprint density at radius 2 is 2.35 bits per heavy atom. The number of amides is 1. The second kappa shape index (κ2) is 7.36. The van der Waals surface area contributed by atoms with E-state index >= 15 is 0 Å². The van der Waals surface area contributed by atoms with Crippen molar-refractivity contribution in [1.29, 1.82) is 0 Å². The topological polar surface area (TPSA) is 73.8 Å². The van der Waals surface area contributed by atoms with E-state index in [1.54, 1.807) is 0 Å². The van der Waals surface area contributed by atoms with Crippen LogP contribution >= 0.6 is 0 Å². The van der Waals surface area contributed by atoms with Gasteiger partial charge in [-0.15, -0.1) is 0 Å². The molecule has 3 N–H and O–H groups in total. The number of aliphatic hydroxyl groups excluding tert-OH is 1. The number of aliphatic hydroxyl groups is 1. The summed E-state index contributed by atoms with van der Waals surface area (Å²) in [5.74, 6) is 0.610. The lowest BCUT2D eigenvalue weighted by molar-refractivity contribution is -0.124. The summed E-state index contributed by atoms with van der Waals surface area (Å²) < 4.78 is 5.70. The molecule has 2 aliphatic rings. The largest absolute Gasteiger partial charge is 0.392 e. The first-order valence-electron chi connectivity index (χ1n) is 7.57. The summed E-state index contributed by atoms with van der Waals surface area (Å²) in [5, 5.41) is 15.4. The molecule has 2 rings (SSSR count). The second-order valence-corrected chi connectivity index (χ2v) is 6.24. The third-order valence-corrected chi connectivity index (χ3v) is 3.77. The Balaban J connectivity index is 1.69. The van der Waals surface area contributed by atoms with Gasteiger partial charge in [-0.05, 0) is 12.3 Å². The van der Waals surface area contributed by atoms with Crippen molar-refractivity contribution in [2.24, 2.45) is 5.92 Å². The van der Waals surface area contributed by atoms with E-state index in [1.165, 1.54) is 0 Å². The highest BCUT2D eigenvalue weighted by Crippen LogP contribution is 2.09. The van der Waals surface area contributed by atoms with Gasteiger partial charge < -0.3 is 20.5 Å². The van der Waals surface area contributed by atoms with Crippen molar-refractivity contribution in [3.05, 3.63) is 0 Å². The molecule has 1 amide bonds. The monoisotopic (exact) mass is 285 g/mol. The van der Waals surface area contributed by atoms with Crippen LogP contribution in [0.2, 0.25) is 0 Å². The molecular formula is C14H27N3O3. The van der Waals surface area contributed by atoms with E-state index in [2.05, 4.69) is 29.4 Å². The summed E-state index contributed by atoms with van der Waals surface area (Å²) >= 11 is 0. The van der Waals surface area contributed by atoms with Crippen LogP contribution in [0.15, 0.2) is 0 Å². The molecule has 6 heteroatoms. The number of ether oxygens (including phenoxy) is 1. The average Bonchev–Trinajstić information content (AvgIpc) is 2.82. The van der Waals surface area contributed by atoms with Crippen molar-refractivity contribution >= 4 is 5.91 Å². The molecule has 0 aromatic heterocycles. The molecule has 2 aliphatic heterocycles. The fraction of sp³-hybridized carbons (Fsp3) is 0.929. The SMILES string of the molecule is CC(C)CN1CCOC(CNC(=O)C2CC(O)CN2)C1. The molecule has 0 radical (unpaired) electrons. The van der Waals surface area contributed by atoms with E-state index in [-0.39, 0.29) is 18.1 Å². The van der Waals surface area contributed by atoms with Gasteiger partial charge in [0.1, 0.15) is 0 Å². The van der Waals surface area contributed by atoms with Gasteiger partial charge in [0.05, 0.1) is 24.9 Å². The molecule has 2 saturated heterocycles. The Bertz CT molecular complexity index is 325. The summed E-state index contributed by atoms with van der Waals surface area (Å²) in [7, 11) is 0. The summed E-state index contributed by atoms with van der Waals surface area (Å²) in [6, 6.07) is -0.264. The molecule has 2 fully saturated rings. The summed E-state index contributed by atoms with van der Waals surface area (Å²) in [6.45, 7) is 9.12. The van der Waals surface area contributed by atoms with Gasteiger partial charge in [-0.2, -0.15) is 0 Å². The Labute approximate surface area is 120 Å². The van der Waals surface area contributed by atoms with Crippen LogP contribution in [0.1, 0.15) is 20.3 Å². The first-order chi connectivity index (χ1) is 9.54. The fourth-order valence-electron chi connectivity index (χ4n) is 2.84. The van der Waals surface area contributed by atoms with Crippen molar-refractivity contribution in [1.82, 2.24) is 15.5 Å². The third kappa shape index (κ3) is 4.70. The van der Waals surface area contributed by atoms with Gasteiger partial charge in [-0.25, -0.2) is 0 Å². The fourth-order valence-corrected chi connectivity index (χ4v) is 2.84. The lowest BCUT2D eigenvalue weighted by Gasteiger charge is -2.34. The van der Waals surface area contributed by atoms with Crippen LogP contribution in [0.4, 0.5) is 0 Å². The second-order valence-electron chi connectivity index (χ2n) is 6.24. The third-order valence-electron chi connectivity index (χ3n) is 3.77. The van der Waals surface area contributed by atoms with Gasteiger partial charge in [-0.3, -0.25) is 9.69 Å². The quantitative estimate of drug-likeness (QED) is 0.616. The smallest absolute Gasteiger partial charge is 0.237 e. The van der Waals surface area contributed by atoms with Gasteiger partial charge >= 0.3 is 0 Å². The highest BCUT2D eigenvalue weighted by atomic mass is 16.5. The van der Waals surface area contributed by atoms with Crippen LogP contribution in [0, 0.1) is 5.92 Å².